The fourth-order valence-corrected chi connectivity index (χ4v) is 4.76. The zero-order chi connectivity index (χ0) is 26.1. The summed E-state index contributed by atoms with van der Waals surface area (Å²) in [6.45, 7) is 0.186. The van der Waals surface area contributed by atoms with Gasteiger partial charge < -0.3 is 10.4 Å². The van der Waals surface area contributed by atoms with Gasteiger partial charge in [-0.3, -0.25) is 9.59 Å². The zero-order valence-electron chi connectivity index (χ0n) is 19.0. The summed E-state index contributed by atoms with van der Waals surface area (Å²) in [5.74, 6) is -1.65. The Morgan fingerprint density at radius 3 is 1.94 bits per heavy atom. The van der Waals surface area contributed by atoms with Gasteiger partial charge >= 0.3 is 5.97 Å². The second kappa shape index (κ2) is 12.7. The molecule has 3 rings (SSSR count). The number of halogens is 2. The number of carboxylic acids is 1. The highest BCUT2D eigenvalue weighted by atomic mass is 35.5. The number of carboxylic acid groups (broad SMARTS) is 1. The molecule has 0 aliphatic carbocycles. The first-order valence-electron chi connectivity index (χ1n) is 11.0. The van der Waals surface area contributed by atoms with Crippen LogP contribution in [0.4, 0.5) is 0 Å². The van der Waals surface area contributed by atoms with E-state index in [1.807, 2.05) is 12.1 Å². The van der Waals surface area contributed by atoms with Gasteiger partial charge in [-0.25, -0.2) is 8.42 Å². The van der Waals surface area contributed by atoms with Crippen molar-refractivity contribution in [3.8, 4) is 11.1 Å². The first-order valence-corrected chi connectivity index (χ1v) is 13.2. The highest BCUT2D eigenvalue weighted by Gasteiger charge is 2.25. The number of aliphatic carboxylic acids is 1. The van der Waals surface area contributed by atoms with Crippen LogP contribution >= 0.6 is 23.2 Å². The van der Waals surface area contributed by atoms with Crippen LogP contribution in [-0.4, -0.2) is 38.0 Å². The summed E-state index contributed by atoms with van der Waals surface area (Å²) in [5, 5.41) is 13.3. The van der Waals surface area contributed by atoms with E-state index in [2.05, 4.69) is 10.0 Å². The van der Waals surface area contributed by atoms with Crippen LogP contribution in [0.1, 0.15) is 18.4 Å². The molecule has 0 aliphatic rings. The number of rotatable bonds is 11. The van der Waals surface area contributed by atoms with Crippen molar-refractivity contribution in [1.82, 2.24) is 10.0 Å². The van der Waals surface area contributed by atoms with Crippen LogP contribution in [0.15, 0.2) is 83.8 Å². The van der Waals surface area contributed by atoms with E-state index in [1.165, 1.54) is 18.2 Å². The SMILES string of the molecule is O=C(/C=C/c1ccc(Cl)cc1)NCCC[C@H](NS(=O)(=O)c1ccc(-c2ccc(Cl)cc2)cc1)C(=O)O. The molecular formula is C26H24Cl2N2O5S. The first-order chi connectivity index (χ1) is 17.1. The lowest BCUT2D eigenvalue weighted by Gasteiger charge is -2.15. The molecule has 0 unspecified atom stereocenters. The van der Waals surface area contributed by atoms with Crippen LogP contribution in [0, 0.1) is 0 Å². The summed E-state index contributed by atoms with van der Waals surface area (Å²) in [6.07, 6.45) is 3.24. The molecule has 0 spiro atoms. The van der Waals surface area contributed by atoms with Gasteiger partial charge in [0.25, 0.3) is 0 Å². The summed E-state index contributed by atoms with van der Waals surface area (Å²) in [4.78, 5) is 23.6. The minimum atomic E-state index is -4.07. The highest BCUT2D eigenvalue weighted by molar-refractivity contribution is 7.89. The van der Waals surface area contributed by atoms with Crippen LogP contribution < -0.4 is 10.0 Å². The monoisotopic (exact) mass is 546 g/mol. The predicted molar refractivity (Wildman–Crippen MR) is 141 cm³/mol. The van der Waals surface area contributed by atoms with Crippen molar-refractivity contribution in [2.45, 2.75) is 23.8 Å². The Hall–Kier alpha value is -3.17. The number of nitrogens with one attached hydrogen (secondary N) is 2. The third kappa shape index (κ3) is 8.20. The molecule has 1 amide bonds. The third-order valence-electron chi connectivity index (χ3n) is 5.20. The van der Waals surface area contributed by atoms with Crippen molar-refractivity contribution in [3.05, 3.63) is 94.5 Å². The minimum Gasteiger partial charge on any atom is -0.480 e. The maximum atomic E-state index is 12.7. The molecule has 36 heavy (non-hydrogen) atoms. The zero-order valence-corrected chi connectivity index (χ0v) is 21.4. The van der Waals surface area contributed by atoms with Crippen LogP contribution in [-0.2, 0) is 19.6 Å². The number of carbonyl (C=O) groups excluding carboxylic acids is 1. The average Bonchev–Trinajstić information content (AvgIpc) is 2.86. The molecule has 3 aromatic carbocycles. The third-order valence-corrected chi connectivity index (χ3v) is 7.20. The van der Waals surface area contributed by atoms with Gasteiger partial charge in [0.2, 0.25) is 15.9 Å². The molecule has 7 nitrogen and oxygen atoms in total. The van der Waals surface area contributed by atoms with Gasteiger partial charge in [0.05, 0.1) is 4.90 Å². The fraction of sp³-hybridized carbons (Fsp3) is 0.154. The molecule has 188 valence electrons. The van der Waals surface area contributed by atoms with Gasteiger partial charge in [0, 0.05) is 22.7 Å². The van der Waals surface area contributed by atoms with Crippen LogP contribution in [0.25, 0.3) is 17.2 Å². The van der Waals surface area contributed by atoms with Gasteiger partial charge in [0.15, 0.2) is 0 Å². The molecule has 0 aromatic heterocycles. The maximum Gasteiger partial charge on any atom is 0.321 e. The van der Waals surface area contributed by atoms with Crippen molar-refractivity contribution in [2.75, 3.05) is 6.54 Å². The molecule has 1 atom stereocenters. The Morgan fingerprint density at radius 2 is 1.39 bits per heavy atom. The van der Waals surface area contributed by atoms with E-state index < -0.39 is 22.0 Å². The van der Waals surface area contributed by atoms with Crippen LogP contribution in [0.3, 0.4) is 0 Å². The van der Waals surface area contributed by atoms with E-state index in [0.29, 0.717) is 10.0 Å². The molecule has 0 radical (unpaired) electrons. The smallest absolute Gasteiger partial charge is 0.321 e. The second-order valence-corrected chi connectivity index (χ2v) is 10.4. The van der Waals surface area contributed by atoms with E-state index in [9.17, 15) is 23.1 Å². The van der Waals surface area contributed by atoms with Crippen LogP contribution in [0.2, 0.25) is 10.0 Å². The number of amides is 1. The molecule has 0 saturated heterocycles. The molecule has 3 aromatic rings. The minimum absolute atomic E-state index is 0.00139. The standard InChI is InChI=1S/C26H24Cl2N2O5S/c27-21-10-3-18(4-11-21)5-16-25(31)29-17-1-2-24(26(32)33)30-36(34,35)23-14-8-20(9-15-23)19-6-12-22(28)13-7-19/h3-16,24,30H,1-2,17H2,(H,29,31)(H,32,33)/b16-5+/t24-/m0/s1. The van der Waals surface area contributed by atoms with E-state index in [1.54, 1.807) is 54.6 Å². The first kappa shape index (κ1) is 27.4. The van der Waals surface area contributed by atoms with Crippen molar-refractivity contribution < 1.29 is 23.1 Å². The summed E-state index contributed by atoms with van der Waals surface area (Å²) in [5.41, 5.74) is 2.46. The Bertz CT molecular complexity index is 1320. The molecule has 0 saturated carbocycles. The molecule has 0 heterocycles. The highest BCUT2D eigenvalue weighted by Crippen LogP contribution is 2.23. The normalized spacial score (nSPS) is 12.4. The predicted octanol–water partition coefficient (Wildman–Crippen LogP) is 5.00. The van der Waals surface area contributed by atoms with Gasteiger partial charge in [-0.15, -0.1) is 0 Å². The van der Waals surface area contributed by atoms with Crippen molar-refractivity contribution in [2.24, 2.45) is 0 Å². The second-order valence-electron chi connectivity index (χ2n) is 7.86. The summed E-state index contributed by atoms with van der Waals surface area (Å²) in [6, 6.07) is 18.8. The number of hydrogen-bond acceptors (Lipinski definition) is 4. The van der Waals surface area contributed by atoms with Crippen molar-refractivity contribution >= 4 is 51.2 Å². The number of benzene rings is 3. The Balaban J connectivity index is 1.52. The quantitative estimate of drug-likeness (QED) is 0.231. The largest absolute Gasteiger partial charge is 0.480 e. The molecule has 0 aliphatic heterocycles. The summed E-state index contributed by atoms with van der Waals surface area (Å²) >= 11 is 11.7. The van der Waals surface area contributed by atoms with Gasteiger partial charge in [-0.2, -0.15) is 4.72 Å². The van der Waals surface area contributed by atoms with Gasteiger partial charge in [-0.1, -0.05) is 59.6 Å². The lowest BCUT2D eigenvalue weighted by atomic mass is 10.1. The number of hydrogen-bond donors (Lipinski definition) is 3. The lowest BCUT2D eigenvalue weighted by Crippen LogP contribution is -2.41. The van der Waals surface area contributed by atoms with Gasteiger partial charge in [0.1, 0.15) is 6.04 Å². The van der Waals surface area contributed by atoms with Crippen molar-refractivity contribution in [3.63, 3.8) is 0 Å². The molecule has 10 heteroatoms. The summed E-state index contributed by atoms with van der Waals surface area (Å²) in [7, 11) is -4.07. The maximum absolute atomic E-state index is 12.7. The topological polar surface area (TPSA) is 113 Å². The number of sulfonamides is 1. The average molecular weight is 547 g/mol. The molecule has 0 bridgehead atoms. The fourth-order valence-electron chi connectivity index (χ4n) is 3.28. The van der Waals surface area contributed by atoms with E-state index in [-0.39, 0.29) is 30.2 Å². The molecular weight excluding hydrogens is 523 g/mol. The molecule has 3 N–H and O–H groups in total. The Kier molecular flexibility index (Phi) is 9.66. The van der Waals surface area contributed by atoms with Crippen molar-refractivity contribution in [1.29, 1.82) is 0 Å². The van der Waals surface area contributed by atoms with Crippen LogP contribution in [0.5, 0.6) is 0 Å². The molecule has 0 fully saturated rings. The number of carbonyl (C=O) groups is 2. The summed E-state index contributed by atoms with van der Waals surface area (Å²) < 4.78 is 27.7. The van der Waals surface area contributed by atoms with E-state index >= 15 is 0 Å². The Morgan fingerprint density at radius 1 is 0.861 bits per heavy atom. The Labute approximate surface area is 219 Å². The van der Waals surface area contributed by atoms with E-state index in [0.717, 1.165) is 16.7 Å². The van der Waals surface area contributed by atoms with Gasteiger partial charge in [-0.05, 0) is 72.0 Å². The van der Waals surface area contributed by atoms with E-state index in [4.69, 9.17) is 23.2 Å². The lowest BCUT2D eigenvalue weighted by molar-refractivity contribution is -0.139.